The van der Waals surface area contributed by atoms with E-state index in [9.17, 15) is 95.3 Å². The molecule has 8 saturated heterocycles. The van der Waals surface area contributed by atoms with Crippen LogP contribution in [0.3, 0.4) is 0 Å². The summed E-state index contributed by atoms with van der Waals surface area (Å²) in [5.74, 6) is -16.4. The normalized spacial score (nSPS) is 38.4. The summed E-state index contributed by atoms with van der Waals surface area (Å²) in [4.78, 5) is 44.8. The molecule has 0 aliphatic carbocycles. The number of ketones is 1. The Morgan fingerprint density at radius 3 is 1.35 bits per heavy atom. The molecule has 0 amide bonds. The Bertz CT molecular complexity index is 2620. The molecule has 8 aliphatic rings. The fourth-order valence-electron chi connectivity index (χ4n) is 4.52. The molecular formula is C17H16F2O33S8. The highest BCUT2D eigenvalue weighted by Crippen LogP contribution is 2.43. The van der Waals surface area contributed by atoms with Crippen molar-refractivity contribution in [3.05, 3.63) is 0 Å². The van der Waals surface area contributed by atoms with Crippen molar-refractivity contribution in [3.8, 4) is 0 Å². The van der Waals surface area contributed by atoms with Gasteiger partial charge in [0.15, 0.2) is 6.17 Å². The van der Waals surface area contributed by atoms with Gasteiger partial charge in [0.25, 0.3) is 42.5 Å². The molecule has 43 heteroatoms. The maximum absolute atomic E-state index is 13.2. The molecule has 0 aromatic rings. The molecule has 0 saturated carbocycles. The van der Waals surface area contributed by atoms with Crippen LogP contribution in [0.25, 0.3) is 0 Å². The van der Waals surface area contributed by atoms with Crippen LogP contribution in [0.1, 0.15) is 6.42 Å². The van der Waals surface area contributed by atoms with Crippen molar-refractivity contribution in [1.82, 2.24) is 0 Å². The number of halogens is 2. The number of rotatable bonds is 0. The quantitative estimate of drug-likeness (QED) is 0.161. The molecule has 5 atom stereocenters. The number of hydrogen-bond donors (Lipinski definition) is 0. The van der Waals surface area contributed by atoms with E-state index in [0.29, 0.717) is 0 Å². The van der Waals surface area contributed by atoms with Gasteiger partial charge in [-0.15, -0.1) is 0 Å². The molecule has 8 aliphatic heterocycles. The van der Waals surface area contributed by atoms with Gasteiger partial charge in [-0.3, -0.25) is 4.79 Å². The summed E-state index contributed by atoms with van der Waals surface area (Å²) in [6.45, 7) is -2.29. The molecule has 0 N–H and O–H groups in total. The molecule has 8 heterocycles. The minimum atomic E-state index is -4.77. The minimum absolute atomic E-state index is 0.0332. The summed E-state index contributed by atoms with van der Waals surface area (Å²) in [5.41, 5.74) is -2.24. The lowest BCUT2D eigenvalue weighted by molar-refractivity contribution is -0.191. The van der Waals surface area contributed by atoms with Gasteiger partial charge in [0.05, 0.1) is 19.0 Å². The molecule has 0 aromatic heterocycles. The van der Waals surface area contributed by atoms with E-state index in [1.807, 2.05) is 0 Å². The Morgan fingerprint density at radius 2 is 1.02 bits per heavy atom. The average Bonchev–Trinajstić information content (AvgIpc) is 3.77. The van der Waals surface area contributed by atoms with Crippen molar-refractivity contribution >= 4 is 106 Å². The molecule has 33 nitrogen and oxygen atoms in total. The second-order valence-corrected chi connectivity index (χ2v) is 22.4. The second kappa shape index (κ2) is 14.9. The summed E-state index contributed by atoms with van der Waals surface area (Å²) in [6, 6.07) is 0. The molecule has 0 radical (unpaired) electrons. The second-order valence-electron chi connectivity index (χ2n) is 11.5. The standard InChI is InChI=1S/C5H4O10S2.C4H4F2O7S2.C4H2O9S2.C4H6O7S2/c6-3-5(1-12-16(8,9)14-3)2-13-17(10,11)15-4(5)7;2*5-2-1-14(7,8)12-4(2)3(6)11-15(9,10)13-4;5-12(6)2-1-4(10-12)3-9-13(7,8)11-4/h1-2H2;2-3H,1H2;1H2;1-3H2. The van der Waals surface area contributed by atoms with Crippen molar-refractivity contribution in [2.24, 2.45) is 5.41 Å². The van der Waals surface area contributed by atoms with Gasteiger partial charge in [0, 0.05) is 6.42 Å². The van der Waals surface area contributed by atoms with E-state index in [0.717, 1.165) is 0 Å². The molecule has 344 valence electrons. The largest absolute Gasteiger partial charge is 0.455 e. The summed E-state index contributed by atoms with van der Waals surface area (Å²) >= 11 is 0. The van der Waals surface area contributed by atoms with Crippen LogP contribution in [0.5, 0.6) is 0 Å². The fourth-order valence-corrected chi connectivity index (χ4v) is 12.4. The highest BCUT2D eigenvalue weighted by Gasteiger charge is 2.69. The van der Waals surface area contributed by atoms with Crippen molar-refractivity contribution in [1.29, 1.82) is 0 Å². The van der Waals surface area contributed by atoms with Crippen LogP contribution in [-0.4, -0.2) is 158 Å². The maximum atomic E-state index is 13.2. The Kier molecular flexibility index (Phi) is 11.9. The van der Waals surface area contributed by atoms with Crippen molar-refractivity contribution < 1.29 is 150 Å². The van der Waals surface area contributed by atoms with Crippen molar-refractivity contribution in [2.45, 2.75) is 36.3 Å². The van der Waals surface area contributed by atoms with E-state index in [1.54, 1.807) is 0 Å². The molecule has 0 bridgehead atoms. The zero-order valence-electron chi connectivity index (χ0n) is 27.6. The van der Waals surface area contributed by atoms with Gasteiger partial charge >= 0.3 is 75.7 Å². The van der Waals surface area contributed by atoms with Crippen LogP contribution in [0.4, 0.5) is 8.78 Å². The predicted octanol–water partition coefficient (Wildman–Crippen LogP) is -7.27. The Balaban J connectivity index is 0.000000152. The third-order valence-electron chi connectivity index (χ3n) is 7.11. The molecule has 8 fully saturated rings. The predicted molar refractivity (Wildman–Crippen MR) is 160 cm³/mol. The van der Waals surface area contributed by atoms with E-state index in [2.05, 4.69) is 54.4 Å². The van der Waals surface area contributed by atoms with Gasteiger partial charge in [-0.05, 0) is 0 Å². The van der Waals surface area contributed by atoms with Gasteiger partial charge in [0.2, 0.25) is 17.0 Å². The van der Waals surface area contributed by atoms with Gasteiger partial charge in [-0.1, -0.05) is 0 Å². The maximum Gasteiger partial charge on any atom is 0.455 e. The van der Waals surface area contributed by atoms with Crippen molar-refractivity contribution in [2.75, 3.05) is 37.1 Å². The third kappa shape index (κ3) is 10.00. The average molecular weight is 1040 g/mol. The first-order chi connectivity index (χ1) is 26.8. The van der Waals surface area contributed by atoms with E-state index in [-0.39, 0.29) is 12.2 Å². The van der Waals surface area contributed by atoms with Gasteiger partial charge in [0.1, 0.15) is 18.1 Å². The van der Waals surface area contributed by atoms with Gasteiger partial charge in [-0.25, -0.2) is 60.8 Å². The number of carbonyl (C=O) groups is 4. The Labute approximate surface area is 333 Å². The molecular weight excluding hydrogens is 1030 g/mol. The molecule has 5 unspecified atom stereocenters. The SMILES string of the molecule is O=C1CS(=O)(=O)OC12OS(=O)(=O)OC2=O.O=C1OS(=O)(=O)OCC12COS(=O)(=O)OC2=O.O=S1(=O)CC(F)C2(O1)OS(=O)(=O)OC2F.O=S1(=O)CCC2(COS(=O)(=O)O2)O1. The Morgan fingerprint density at radius 1 is 0.500 bits per heavy atom. The number of alkyl halides is 2. The van der Waals surface area contributed by atoms with Crippen LogP contribution in [0.2, 0.25) is 0 Å². The van der Waals surface area contributed by atoms with Crippen LogP contribution in [-0.2, 0) is 156 Å². The fraction of sp³-hybridized carbons (Fsp3) is 0.765. The topological polar surface area (TPSA) is 461 Å². The lowest BCUT2D eigenvalue weighted by Crippen LogP contribution is -2.56. The number of carbonyl (C=O) groups excluding carboxylic acids is 4. The van der Waals surface area contributed by atoms with Gasteiger partial charge < -0.3 is 12.5 Å². The smallest absolute Gasteiger partial charge is 0.323 e. The van der Waals surface area contributed by atoms with E-state index >= 15 is 0 Å². The summed E-state index contributed by atoms with van der Waals surface area (Å²) in [6.07, 6.45) is -5.36. The van der Waals surface area contributed by atoms with Crippen LogP contribution in [0.15, 0.2) is 0 Å². The summed E-state index contributed by atoms with van der Waals surface area (Å²) in [5, 5.41) is 0. The highest BCUT2D eigenvalue weighted by molar-refractivity contribution is 7.88. The monoisotopic (exact) mass is 1040 g/mol. The van der Waals surface area contributed by atoms with Crippen LogP contribution in [0, 0.1) is 5.41 Å². The third-order valence-corrected chi connectivity index (χ3v) is 14.8. The molecule has 8 rings (SSSR count). The first-order valence-corrected chi connectivity index (χ1v) is 25.5. The summed E-state index contributed by atoms with van der Waals surface area (Å²) < 4.78 is 250. The minimum Gasteiger partial charge on any atom is -0.323 e. The van der Waals surface area contributed by atoms with E-state index in [4.69, 9.17) is 0 Å². The van der Waals surface area contributed by atoms with E-state index < -0.39 is 173 Å². The van der Waals surface area contributed by atoms with E-state index in [1.165, 1.54) is 0 Å². The van der Waals surface area contributed by atoms with Gasteiger partial charge in [-0.2, -0.15) is 71.5 Å². The number of hydrogen-bond acceptors (Lipinski definition) is 33. The van der Waals surface area contributed by atoms with Crippen LogP contribution < -0.4 is 0 Å². The van der Waals surface area contributed by atoms with Crippen LogP contribution >= 0.6 is 0 Å². The number of Topliss-reactive ketones (excluding diaryl/α,β-unsaturated/α-hetero) is 1. The first-order valence-electron chi connectivity index (χ1n) is 14.1. The first kappa shape index (κ1) is 48.2. The van der Waals surface area contributed by atoms with Crippen molar-refractivity contribution in [3.63, 3.8) is 0 Å². The Hall–Kier alpha value is -2.86. The zero-order valence-corrected chi connectivity index (χ0v) is 34.1. The highest BCUT2D eigenvalue weighted by atomic mass is 32.3. The molecule has 60 heavy (non-hydrogen) atoms. The zero-order chi connectivity index (χ0) is 45.6. The lowest BCUT2D eigenvalue weighted by atomic mass is 9.91. The molecule has 4 spiro atoms. The lowest BCUT2D eigenvalue weighted by Gasteiger charge is -2.32. The summed E-state index contributed by atoms with van der Waals surface area (Å²) in [7, 11) is -34.9. The molecule has 0 aromatic carbocycles.